The Morgan fingerprint density at radius 3 is 2.39 bits per heavy atom. The van der Waals surface area contributed by atoms with Crippen molar-refractivity contribution in [2.24, 2.45) is 7.05 Å². The number of aromatic nitrogens is 1. The Hall–Kier alpha value is -2.99. The van der Waals surface area contributed by atoms with Gasteiger partial charge in [-0.2, -0.15) is 0 Å². The van der Waals surface area contributed by atoms with Crippen LogP contribution in [-0.4, -0.2) is 33.6 Å². The number of rotatable bonds is 5. The lowest BCUT2D eigenvalue weighted by atomic mass is 10.1. The van der Waals surface area contributed by atoms with Gasteiger partial charge in [-0.1, -0.05) is 48.0 Å². The SMILES string of the molecule is CCN(Cc1ccccc1NC(=O)c1c(Cl)c2ccccc2n1C)C(=O)OC(C)(C)C. The summed E-state index contributed by atoms with van der Waals surface area (Å²) in [6.45, 7) is 8.18. The number of nitrogens with zero attached hydrogens (tertiary/aromatic N) is 2. The van der Waals surface area contributed by atoms with E-state index in [1.807, 2.05) is 83.3 Å². The molecule has 2 amide bonds. The lowest BCUT2D eigenvalue weighted by Gasteiger charge is -2.27. The molecule has 0 fully saturated rings. The molecule has 1 heterocycles. The number of nitrogens with one attached hydrogen (secondary N) is 1. The fourth-order valence-corrected chi connectivity index (χ4v) is 3.77. The van der Waals surface area contributed by atoms with Crippen molar-refractivity contribution in [2.45, 2.75) is 39.8 Å². The van der Waals surface area contributed by atoms with Crippen LogP contribution in [0.5, 0.6) is 0 Å². The molecule has 7 heteroatoms. The van der Waals surface area contributed by atoms with Crippen molar-refractivity contribution in [2.75, 3.05) is 11.9 Å². The summed E-state index contributed by atoms with van der Waals surface area (Å²) in [6.07, 6.45) is -0.396. The van der Waals surface area contributed by atoms with Crippen molar-refractivity contribution in [3.8, 4) is 0 Å². The van der Waals surface area contributed by atoms with E-state index in [0.29, 0.717) is 29.5 Å². The minimum Gasteiger partial charge on any atom is -0.444 e. The molecule has 0 bridgehead atoms. The summed E-state index contributed by atoms with van der Waals surface area (Å²) in [7, 11) is 1.82. The van der Waals surface area contributed by atoms with Crippen LogP contribution in [0.4, 0.5) is 10.5 Å². The van der Waals surface area contributed by atoms with Crippen molar-refractivity contribution in [1.82, 2.24) is 9.47 Å². The first kappa shape index (κ1) is 22.7. The topological polar surface area (TPSA) is 63.6 Å². The van der Waals surface area contributed by atoms with Gasteiger partial charge in [0.25, 0.3) is 5.91 Å². The molecule has 1 N–H and O–H groups in total. The van der Waals surface area contributed by atoms with Gasteiger partial charge in [-0.3, -0.25) is 4.79 Å². The molecule has 0 aliphatic carbocycles. The van der Waals surface area contributed by atoms with Crippen LogP contribution in [0.1, 0.15) is 43.7 Å². The molecule has 3 aromatic rings. The standard InChI is InChI=1S/C24H28ClN3O3/c1-6-28(23(30)31-24(2,3)4)15-16-11-7-9-13-18(16)26-22(29)21-20(25)17-12-8-10-14-19(17)27(21)5/h7-14H,6,15H2,1-5H3,(H,26,29). The second-order valence-electron chi connectivity index (χ2n) is 8.34. The third kappa shape index (κ3) is 5.02. The summed E-state index contributed by atoms with van der Waals surface area (Å²) < 4.78 is 7.28. The molecular formula is C24H28ClN3O3. The number of hydrogen-bond acceptors (Lipinski definition) is 3. The van der Waals surface area contributed by atoms with Crippen LogP contribution >= 0.6 is 11.6 Å². The maximum absolute atomic E-state index is 13.1. The summed E-state index contributed by atoms with van der Waals surface area (Å²) >= 11 is 6.52. The van der Waals surface area contributed by atoms with Gasteiger partial charge < -0.3 is 19.5 Å². The normalized spacial score (nSPS) is 11.4. The summed E-state index contributed by atoms with van der Waals surface area (Å²) in [5, 5.41) is 4.20. The summed E-state index contributed by atoms with van der Waals surface area (Å²) in [4.78, 5) is 27.3. The van der Waals surface area contributed by atoms with Crippen molar-refractivity contribution in [3.63, 3.8) is 0 Å². The van der Waals surface area contributed by atoms with Gasteiger partial charge in [-0.25, -0.2) is 4.79 Å². The van der Waals surface area contributed by atoms with Crippen LogP contribution in [0.3, 0.4) is 0 Å². The molecule has 0 aliphatic heterocycles. The molecule has 2 aromatic carbocycles. The minimum absolute atomic E-state index is 0.309. The van der Waals surface area contributed by atoms with Gasteiger partial charge in [-0.05, 0) is 45.4 Å². The average Bonchev–Trinajstić information content (AvgIpc) is 2.96. The average molecular weight is 442 g/mol. The highest BCUT2D eigenvalue weighted by atomic mass is 35.5. The van der Waals surface area contributed by atoms with E-state index in [9.17, 15) is 9.59 Å². The zero-order valence-corrected chi connectivity index (χ0v) is 19.3. The maximum Gasteiger partial charge on any atom is 0.410 e. The largest absolute Gasteiger partial charge is 0.444 e. The highest BCUT2D eigenvalue weighted by Crippen LogP contribution is 2.30. The van der Waals surface area contributed by atoms with Gasteiger partial charge in [0, 0.05) is 30.2 Å². The fraction of sp³-hybridized carbons (Fsp3) is 0.333. The highest BCUT2D eigenvalue weighted by molar-refractivity contribution is 6.39. The van der Waals surface area contributed by atoms with Gasteiger partial charge in [0.15, 0.2) is 0 Å². The predicted octanol–water partition coefficient (Wildman–Crippen LogP) is 5.84. The number of hydrogen-bond donors (Lipinski definition) is 1. The first-order valence-corrected chi connectivity index (χ1v) is 10.6. The fourth-order valence-electron chi connectivity index (χ4n) is 3.40. The van der Waals surface area contributed by atoms with Crippen LogP contribution in [-0.2, 0) is 18.3 Å². The third-order valence-electron chi connectivity index (χ3n) is 4.92. The van der Waals surface area contributed by atoms with Crippen LogP contribution in [0.15, 0.2) is 48.5 Å². The number of halogens is 1. The number of benzene rings is 2. The zero-order chi connectivity index (χ0) is 22.8. The van der Waals surface area contributed by atoms with Crippen molar-refractivity contribution in [3.05, 3.63) is 64.8 Å². The highest BCUT2D eigenvalue weighted by Gasteiger charge is 2.23. The summed E-state index contributed by atoms with van der Waals surface area (Å²) in [5.41, 5.74) is 2.11. The molecule has 0 saturated carbocycles. The molecule has 3 rings (SSSR count). The molecule has 1 aromatic heterocycles. The molecule has 31 heavy (non-hydrogen) atoms. The number of amides is 2. The van der Waals surface area contributed by atoms with E-state index < -0.39 is 11.7 Å². The monoisotopic (exact) mass is 441 g/mol. The van der Waals surface area contributed by atoms with E-state index in [-0.39, 0.29) is 5.91 Å². The van der Waals surface area contributed by atoms with Crippen molar-refractivity contribution < 1.29 is 14.3 Å². The Kier molecular flexibility index (Phi) is 6.60. The molecule has 0 unspecified atom stereocenters. The van der Waals surface area contributed by atoms with Crippen molar-refractivity contribution in [1.29, 1.82) is 0 Å². The molecular weight excluding hydrogens is 414 g/mol. The van der Waals surface area contributed by atoms with Gasteiger partial charge in [0.1, 0.15) is 11.3 Å². The molecule has 0 radical (unpaired) electrons. The molecule has 0 atom stereocenters. The number of carbonyl (C=O) groups is 2. The maximum atomic E-state index is 13.1. The van der Waals surface area contributed by atoms with Crippen LogP contribution < -0.4 is 5.32 Å². The Balaban J connectivity index is 1.86. The number of carbonyl (C=O) groups excluding carboxylic acids is 2. The first-order chi connectivity index (χ1) is 14.6. The van der Waals surface area contributed by atoms with E-state index in [0.717, 1.165) is 16.5 Å². The van der Waals surface area contributed by atoms with Gasteiger partial charge in [0.05, 0.1) is 11.6 Å². The smallest absolute Gasteiger partial charge is 0.410 e. The lowest BCUT2D eigenvalue weighted by molar-refractivity contribution is 0.0245. The third-order valence-corrected chi connectivity index (χ3v) is 5.30. The second kappa shape index (κ2) is 9.02. The quantitative estimate of drug-likeness (QED) is 0.540. The van der Waals surface area contributed by atoms with Crippen LogP contribution in [0.25, 0.3) is 10.9 Å². The minimum atomic E-state index is -0.580. The van der Waals surface area contributed by atoms with Crippen LogP contribution in [0, 0.1) is 0 Å². The Bertz CT molecular complexity index is 1080. The summed E-state index contributed by atoms with van der Waals surface area (Å²) in [5.74, 6) is -0.309. The Morgan fingerprint density at radius 2 is 1.74 bits per heavy atom. The Labute approximate surface area is 187 Å². The van der Waals surface area contributed by atoms with Crippen LogP contribution in [0.2, 0.25) is 5.02 Å². The van der Waals surface area contributed by atoms with E-state index >= 15 is 0 Å². The van der Waals surface area contributed by atoms with Crippen molar-refractivity contribution >= 4 is 40.2 Å². The summed E-state index contributed by atoms with van der Waals surface area (Å²) in [6, 6.07) is 15.0. The molecule has 0 spiro atoms. The number of aryl methyl sites for hydroxylation is 1. The molecule has 0 aliphatic rings. The number of anilines is 1. The van der Waals surface area contributed by atoms with E-state index in [1.165, 1.54) is 0 Å². The number of para-hydroxylation sites is 2. The second-order valence-corrected chi connectivity index (χ2v) is 8.72. The van der Waals surface area contributed by atoms with Gasteiger partial charge in [-0.15, -0.1) is 0 Å². The predicted molar refractivity (Wildman–Crippen MR) is 125 cm³/mol. The van der Waals surface area contributed by atoms with E-state index in [1.54, 1.807) is 9.47 Å². The zero-order valence-electron chi connectivity index (χ0n) is 18.5. The first-order valence-electron chi connectivity index (χ1n) is 10.2. The van der Waals surface area contributed by atoms with Gasteiger partial charge >= 0.3 is 6.09 Å². The molecule has 0 saturated heterocycles. The molecule has 164 valence electrons. The Morgan fingerprint density at radius 1 is 1.10 bits per heavy atom. The van der Waals surface area contributed by atoms with E-state index in [4.69, 9.17) is 16.3 Å². The number of ether oxygens (including phenoxy) is 1. The number of fused-ring (bicyclic) bond motifs is 1. The van der Waals surface area contributed by atoms with E-state index in [2.05, 4.69) is 5.32 Å². The van der Waals surface area contributed by atoms with Gasteiger partial charge in [0.2, 0.25) is 0 Å². The molecule has 6 nitrogen and oxygen atoms in total. The lowest BCUT2D eigenvalue weighted by Crippen LogP contribution is -2.36.